The zero-order valence-corrected chi connectivity index (χ0v) is 6.31. The summed E-state index contributed by atoms with van der Waals surface area (Å²) in [5, 5.41) is 0. The molecule has 1 rings (SSSR count). The van der Waals surface area contributed by atoms with Crippen molar-refractivity contribution >= 4 is 17.9 Å². The Balaban J connectivity index is 3.11. The van der Waals surface area contributed by atoms with Gasteiger partial charge in [0.1, 0.15) is 6.29 Å². The predicted molar refractivity (Wildman–Crippen MR) is 39.1 cm³/mol. The molecule has 0 unspecified atom stereocenters. The molecule has 0 aliphatic heterocycles. The lowest BCUT2D eigenvalue weighted by atomic mass is 10.2. The summed E-state index contributed by atoms with van der Waals surface area (Å²) < 4.78 is 12.5. The molecule has 0 fully saturated rings. The van der Waals surface area contributed by atoms with Crippen molar-refractivity contribution < 1.29 is 9.18 Å². The van der Waals surface area contributed by atoms with Crippen molar-refractivity contribution in [3.05, 3.63) is 29.3 Å². The summed E-state index contributed by atoms with van der Waals surface area (Å²) >= 11 is 5.38. The topological polar surface area (TPSA) is 30.0 Å². The van der Waals surface area contributed by atoms with Crippen LogP contribution in [0.1, 0.15) is 16.1 Å². The van der Waals surface area contributed by atoms with E-state index < -0.39 is 5.95 Å². The van der Waals surface area contributed by atoms with E-state index in [9.17, 15) is 9.18 Å². The molecule has 0 aliphatic rings. The maximum atomic E-state index is 12.5. The number of pyridine rings is 1. The highest BCUT2D eigenvalue weighted by Gasteiger charge is 1.99. The van der Waals surface area contributed by atoms with Crippen LogP contribution in [0.25, 0.3) is 0 Å². The van der Waals surface area contributed by atoms with E-state index in [0.29, 0.717) is 12.0 Å². The van der Waals surface area contributed by atoms with Gasteiger partial charge in [-0.05, 0) is 6.07 Å². The first-order chi connectivity index (χ1) is 5.26. The standard InChI is InChI=1S/C7H5ClFNO/c8-3-6-1-5(4-11)2-7(9)10-6/h1-2,4H,3H2. The molecule has 11 heavy (non-hydrogen) atoms. The van der Waals surface area contributed by atoms with Crippen molar-refractivity contribution in [3.63, 3.8) is 0 Å². The van der Waals surface area contributed by atoms with Gasteiger partial charge in [-0.2, -0.15) is 4.39 Å². The van der Waals surface area contributed by atoms with E-state index in [4.69, 9.17) is 11.6 Å². The molecular weight excluding hydrogens is 169 g/mol. The monoisotopic (exact) mass is 173 g/mol. The second kappa shape index (κ2) is 3.44. The van der Waals surface area contributed by atoms with Gasteiger partial charge in [-0.25, -0.2) is 4.98 Å². The fourth-order valence-electron chi connectivity index (χ4n) is 0.710. The van der Waals surface area contributed by atoms with E-state index in [-0.39, 0.29) is 11.4 Å². The van der Waals surface area contributed by atoms with Crippen molar-refractivity contribution in [1.82, 2.24) is 4.98 Å². The molecule has 1 aromatic rings. The van der Waals surface area contributed by atoms with Crippen LogP contribution >= 0.6 is 11.6 Å². The van der Waals surface area contributed by atoms with Crippen LogP contribution in [0, 0.1) is 5.95 Å². The first-order valence-corrected chi connectivity index (χ1v) is 3.47. The Morgan fingerprint density at radius 2 is 2.36 bits per heavy atom. The van der Waals surface area contributed by atoms with Gasteiger partial charge in [0.2, 0.25) is 5.95 Å². The minimum Gasteiger partial charge on any atom is -0.298 e. The number of aromatic nitrogens is 1. The van der Waals surface area contributed by atoms with Gasteiger partial charge < -0.3 is 0 Å². The molecular formula is C7H5ClFNO. The van der Waals surface area contributed by atoms with Crippen LogP contribution in [0.4, 0.5) is 4.39 Å². The van der Waals surface area contributed by atoms with E-state index in [1.54, 1.807) is 0 Å². The van der Waals surface area contributed by atoms with E-state index >= 15 is 0 Å². The molecule has 0 aliphatic carbocycles. The lowest BCUT2D eigenvalue weighted by Gasteiger charge is -1.95. The highest BCUT2D eigenvalue weighted by atomic mass is 35.5. The van der Waals surface area contributed by atoms with Gasteiger partial charge in [0, 0.05) is 11.6 Å². The molecule has 0 radical (unpaired) electrons. The number of carbonyl (C=O) groups is 1. The van der Waals surface area contributed by atoms with Crippen molar-refractivity contribution in [1.29, 1.82) is 0 Å². The van der Waals surface area contributed by atoms with Crippen molar-refractivity contribution in [2.24, 2.45) is 0 Å². The summed E-state index contributed by atoms with van der Waals surface area (Å²) in [7, 11) is 0. The van der Waals surface area contributed by atoms with Crippen LogP contribution in [0.3, 0.4) is 0 Å². The van der Waals surface area contributed by atoms with Crippen LogP contribution in [0.2, 0.25) is 0 Å². The normalized spacial score (nSPS) is 9.64. The fraction of sp³-hybridized carbons (Fsp3) is 0.143. The Kier molecular flexibility index (Phi) is 2.54. The second-order valence-corrected chi connectivity index (χ2v) is 2.23. The zero-order chi connectivity index (χ0) is 8.27. The Hall–Kier alpha value is -0.960. The summed E-state index contributed by atoms with van der Waals surface area (Å²) in [6, 6.07) is 2.51. The summed E-state index contributed by atoms with van der Waals surface area (Å²) in [6.45, 7) is 0. The van der Waals surface area contributed by atoms with Crippen LogP contribution < -0.4 is 0 Å². The average Bonchev–Trinajstić information content (AvgIpc) is 2.03. The number of nitrogens with zero attached hydrogens (tertiary/aromatic N) is 1. The van der Waals surface area contributed by atoms with Gasteiger partial charge in [-0.15, -0.1) is 11.6 Å². The maximum Gasteiger partial charge on any atom is 0.213 e. The number of rotatable bonds is 2. The second-order valence-electron chi connectivity index (χ2n) is 1.97. The minimum atomic E-state index is -0.676. The Labute approximate surface area is 68.0 Å². The molecule has 0 N–H and O–H groups in total. The van der Waals surface area contributed by atoms with Crippen LogP contribution in [-0.4, -0.2) is 11.3 Å². The summed E-state index contributed by atoms with van der Waals surface area (Å²) in [6.07, 6.45) is 0.556. The highest BCUT2D eigenvalue weighted by molar-refractivity contribution is 6.16. The van der Waals surface area contributed by atoms with E-state index in [2.05, 4.69) is 4.98 Å². The first-order valence-electron chi connectivity index (χ1n) is 2.94. The number of hydrogen-bond donors (Lipinski definition) is 0. The SMILES string of the molecule is O=Cc1cc(F)nc(CCl)c1. The largest absolute Gasteiger partial charge is 0.298 e. The van der Waals surface area contributed by atoms with Crippen LogP contribution in [-0.2, 0) is 5.88 Å². The third-order valence-electron chi connectivity index (χ3n) is 1.14. The quantitative estimate of drug-likeness (QED) is 0.388. The molecule has 0 aromatic carbocycles. The molecule has 1 aromatic heterocycles. The molecule has 0 saturated heterocycles. The van der Waals surface area contributed by atoms with Gasteiger partial charge in [-0.3, -0.25) is 4.79 Å². The first kappa shape index (κ1) is 8.14. The number of carbonyl (C=O) groups excluding carboxylic acids is 1. The van der Waals surface area contributed by atoms with Gasteiger partial charge in [0.15, 0.2) is 0 Å². The average molecular weight is 174 g/mol. The molecule has 1 heterocycles. The lowest BCUT2D eigenvalue weighted by Crippen LogP contribution is -1.92. The Morgan fingerprint density at radius 3 is 2.91 bits per heavy atom. The number of halogens is 2. The van der Waals surface area contributed by atoms with E-state index in [1.807, 2.05) is 0 Å². The van der Waals surface area contributed by atoms with Crippen molar-refractivity contribution in [2.45, 2.75) is 5.88 Å². The Morgan fingerprint density at radius 1 is 1.64 bits per heavy atom. The van der Waals surface area contributed by atoms with Crippen LogP contribution in [0.5, 0.6) is 0 Å². The van der Waals surface area contributed by atoms with Crippen LogP contribution in [0.15, 0.2) is 12.1 Å². The third-order valence-corrected chi connectivity index (χ3v) is 1.42. The van der Waals surface area contributed by atoms with Gasteiger partial charge in [0.05, 0.1) is 11.6 Å². The lowest BCUT2D eigenvalue weighted by molar-refractivity contribution is 0.112. The van der Waals surface area contributed by atoms with Gasteiger partial charge in [0.25, 0.3) is 0 Å². The molecule has 2 nitrogen and oxygen atoms in total. The van der Waals surface area contributed by atoms with Crippen molar-refractivity contribution in [3.8, 4) is 0 Å². The number of aldehydes is 1. The minimum absolute atomic E-state index is 0.110. The summed E-state index contributed by atoms with van der Waals surface area (Å²) in [4.78, 5) is 13.6. The molecule has 0 amide bonds. The van der Waals surface area contributed by atoms with E-state index in [1.165, 1.54) is 6.07 Å². The van der Waals surface area contributed by atoms with Crippen molar-refractivity contribution in [2.75, 3.05) is 0 Å². The highest BCUT2D eigenvalue weighted by Crippen LogP contribution is 2.05. The van der Waals surface area contributed by atoms with Gasteiger partial charge in [-0.1, -0.05) is 0 Å². The fourth-order valence-corrected chi connectivity index (χ4v) is 0.847. The molecule has 0 spiro atoms. The summed E-state index contributed by atoms with van der Waals surface area (Å²) in [5.41, 5.74) is 0.627. The third kappa shape index (κ3) is 1.98. The Bertz CT molecular complexity index is 277. The molecule has 58 valence electrons. The molecule has 0 saturated carbocycles. The van der Waals surface area contributed by atoms with E-state index in [0.717, 1.165) is 6.07 Å². The zero-order valence-electron chi connectivity index (χ0n) is 5.55. The smallest absolute Gasteiger partial charge is 0.213 e. The predicted octanol–water partition coefficient (Wildman–Crippen LogP) is 1.77. The number of alkyl halides is 1. The maximum absolute atomic E-state index is 12.5. The molecule has 4 heteroatoms. The number of hydrogen-bond acceptors (Lipinski definition) is 2. The summed E-state index contributed by atoms with van der Waals surface area (Å²) in [5.74, 6) is -0.566. The molecule has 0 atom stereocenters. The van der Waals surface area contributed by atoms with Gasteiger partial charge >= 0.3 is 0 Å². The molecule has 0 bridgehead atoms.